The van der Waals surface area contributed by atoms with E-state index in [0.717, 1.165) is 25.7 Å². The number of carbonyl (C=O) groups is 2. The summed E-state index contributed by atoms with van der Waals surface area (Å²) >= 11 is 0. The average Bonchev–Trinajstić information content (AvgIpc) is 3.25. The summed E-state index contributed by atoms with van der Waals surface area (Å²) in [6.07, 6.45) is 4.06. The highest BCUT2D eigenvalue weighted by Crippen LogP contribution is 2.40. The molecule has 3 aliphatic rings. The number of epoxide rings is 1. The van der Waals surface area contributed by atoms with Gasteiger partial charge >= 0.3 is 11.9 Å². The van der Waals surface area contributed by atoms with Crippen molar-refractivity contribution >= 4 is 11.9 Å². The fraction of sp³-hybridized carbons (Fsp3) is 0.875. The number of aliphatic hydroxyl groups excluding tert-OH is 1. The summed E-state index contributed by atoms with van der Waals surface area (Å²) in [6.45, 7) is 1.69. The van der Waals surface area contributed by atoms with Gasteiger partial charge < -0.3 is 19.3 Å². The maximum atomic E-state index is 12.1. The zero-order valence-electron chi connectivity index (χ0n) is 12.9. The summed E-state index contributed by atoms with van der Waals surface area (Å²) in [6, 6.07) is 0. The minimum atomic E-state index is -0.670. The molecule has 3 fully saturated rings. The molecule has 22 heavy (non-hydrogen) atoms. The molecular formula is C16H24O6. The van der Waals surface area contributed by atoms with Gasteiger partial charge in [0.15, 0.2) is 0 Å². The SMILES string of the molecule is CC(=O)OC1CCC(COC(=O)C2CCC3OC3C2)CC1O. The third kappa shape index (κ3) is 3.79. The summed E-state index contributed by atoms with van der Waals surface area (Å²) in [4.78, 5) is 23.0. The number of hydrogen-bond donors (Lipinski definition) is 1. The lowest BCUT2D eigenvalue weighted by Crippen LogP contribution is -2.38. The monoisotopic (exact) mass is 312 g/mol. The first-order valence-electron chi connectivity index (χ1n) is 8.20. The van der Waals surface area contributed by atoms with Crippen molar-refractivity contribution in [3.63, 3.8) is 0 Å². The second-order valence-corrected chi connectivity index (χ2v) is 6.75. The number of hydrogen-bond acceptors (Lipinski definition) is 6. The molecule has 0 bridgehead atoms. The van der Waals surface area contributed by atoms with Crippen LogP contribution in [0.2, 0.25) is 0 Å². The van der Waals surface area contributed by atoms with Crippen molar-refractivity contribution in [3.8, 4) is 0 Å². The Labute approximate surface area is 130 Å². The lowest BCUT2D eigenvalue weighted by atomic mass is 9.85. The second-order valence-electron chi connectivity index (χ2n) is 6.75. The van der Waals surface area contributed by atoms with E-state index < -0.39 is 12.2 Å². The zero-order valence-corrected chi connectivity index (χ0v) is 12.9. The molecule has 6 unspecified atom stereocenters. The van der Waals surface area contributed by atoms with Crippen LogP contribution in [0, 0.1) is 11.8 Å². The fourth-order valence-electron chi connectivity index (χ4n) is 3.64. The van der Waals surface area contributed by atoms with Crippen LogP contribution in [0.4, 0.5) is 0 Å². The molecule has 0 aromatic rings. The molecule has 6 nitrogen and oxygen atoms in total. The van der Waals surface area contributed by atoms with Crippen molar-refractivity contribution in [2.24, 2.45) is 11.8 Å². The summed E-state index contributed by atoms with van der Waals surface area (Å²) in [7, 11) is 0. The van der Waals surface area contributed by atoms with Crippen molar-refractivity contribution in [3.05, 3.63) is 0 Å². The lowest BCUT2D eigenvalue weighted by molar-refractivity contribution is -0.158. The van der Waals surface area contributed by atoms with Crippen LogP contribution in [0.5, 0.6) is 0 Å². The van der Waals surface area contributed by atoms with Crippen molar-refractivity contribution in [2.45, 2.75) is 69.9 Å². The van der Waals surface area contributed by atoms with Gasteiger partial charge in [0.05, 0.1) is 30.8 Å². The van der Waals surface area contributed by atoms with Crippen LogP contribution in [-0.2, 0) is 23.8 Å². The molecule has 1 N–H and O–H groups in total. The Bertz CT molecular complexity index is 436. The van der Waals surface area contributed by atoms with Crippen LogP contribution >= 0.6 is 0 Å². The first kappa shape index (κ1) is 15.7. The van der Waals surface area contributed by atoms with Gasteiger partial charge in [0.2, 0.25) is 0 Å². The summed E-state index contributed by atoms with van der Waals surface area (Å²) < 4.78 is 15.9. The highest BCUT2D eigenvalue weighted by Gasteiger charge is 2.46. The van der Waals surface area contributed by atoms with E-state index in [1.807, 2.05) is 0 Å². The number of ether oxygens (including phenoxy) is 3. The van der Waals surface area contributed by atoms with E-state index in [9.17, 15) is 14.7 Å². The molecule has 6 heteroatoms. The van der Waals surface area contributed by atoms with Crippen molar-refractivity contribution in [1.29, 1.82) is 0 Å². The molecule has 1 heterocycles. The van der Waals surface area contributed by atoms with E-state index in [1.54, 1.807) is 0 Å². The summed E-state index contributed by atoms with van der Waals surface area (Å²) in [5.74, 6) is -0.400. The van der Waals surface area contributed by atoms with Crippen LogP contribution in [0.1, 0.15) is 45.4 Å². The molecule has 6 atom stereocenters. The smallest absolute Gasteiger partial charge is 0.309 e. The van der Waals surface area contributed by atoms with Gasteiger partial charge in [-0.05, 0) is 44.4 Å². The third-order valence-electron chi connectivity index (χ3n) is 4.98. The van der Waals surface area contributed by atoms with E-state index in [2.05, 4.69) is 0 Å². The number of rotatable bonds is 4. The fourth-order valence-corrected chi connectivity index (χ4v) is 3.64. The largest absolute Gasteiger partial charge is 0.465 e. The Kier molecular flexibility index (Phi) is 4.68. The van der Waals surface area contributed by atoms with E-state index in [1.165, 1.54) is 6.92 Å². The summed E-state index contributed by atoms with van der Waals surface area (Å²) in [5.41, 5.74) is 0. The van der Waals surface area contributed by atoms with Gasteiger partial charge in [-0.1, -0.05) is 0 Å². The van der Waals surface area contributed by atoms with Gasteiger partial charge in [-0.3, -0.25) is 9.59 Å². The Morgan fingerprint density at radius 1 is 1.14 bits per heavy atom. The van der Waals surface area contributed by atoms with E-state index in [0.29, 0.717) is 25.6 Å². The minimum absolute atomic E-state index is 0.0361. The quantitative estimate of drug-likeness (QED) is 0.620. The van der Waals surface area contributed by atoms with Crippen molar-refractivity contribution < 1.29 is 28.9 Å². The maximum absolute atomic E-state index is 12.1. The number of fused-ring (bicyclic) bond motifs is 1. The Morgan fingerprint density at radius 3 is 2.64 bits per heavy atom. The number of esters is 2. The Hall–Kier alpha value is -1.14. The van der Waals surface area contributed by atoms with Crippen LogP contribution in [0.3, 0.4) is 0 Å². The highest BCUT2D eigenvalue weighted by atomic mass is 16.6. The predicted octanol–water partition coefficient (Wildman–Crippen LogP) is 1.19. The molecule has 1 saturated heterocycles. The van der Waals surface area contributed by atoms with Crippen LogP contribution < -0.4 is 0 Å². The molecule has 0 aromatic carbocycles. The van der Waals surface area contributed by atoms with E-state index in [4.69, 9.17) is 14.2 Å². The van der Waals surface area contributed by atoms with Gasteiger partial charge in [-0.2, -0.15) is 0 Å². The minimum Gasteiger partial charge on any atom is -0.465 e. The van der Waals surface area contributed by atoms with E-state index in [-0.39, 0.29) is 29.9 Å². The first-order valence-corrected chi connectivity index (χ1v) is 8.20. The molecular weight excluding hydrogens is 288 g/mol. The zero-order chi connectivity index (χ0) is 15.7. The second kappa shape index (κ2) is 6.54. The van der Waals surface area contributed by atoms with Gasteiger partial charge in [0, 0.05) is 6.92 Å². The number of aliphatic hydroxyl groups is 1. The van der Waals surface area contributed by atoms with Crippen LogP contribution in [-0.4, -0.2) is 48.1 Å². The predicted molar refractivity (Wildman–Crippen MR) is 75.9 cm³/mol. The topological polar surface area (TPSA) is 85.4 Å². The number of carbonyl (C=O) groups excluding carboxylic acids is 2. The normalized spacial score (nSPS) is 40.5. The maximum Gasteiger partial charge on any atom is 0.309 e. The Balaban J connectivity index is 1.38. The van der Waals surface area contributed by atoms with Gasteiger partial charge in [0.25, 0.3) is 0 Å². The third-order valence-corrected chi connectivity index (χ3v) is 4.98. The van der Waals surface area contributed by atoms with Crippen molar-refractivity contribution in [1.82, 2.24) is 0 Å². The van der Waals surface area contributed by atoms with Gasteiger partial charge in [-0.25, -0.2) is 0 Å². The molecule has 124 valence electrons. The molecule has 0 aromatic heterocycles. The van der Waals surface area contributed by atoms with Gasteiger partial charge in [-0.15, -0.1) is 0 Å². The molecule has 3 rings (SSSR count). The molecule has 0 radical (unpaired) electrons. The molecule has 2 aliphatic carbocycles. The van der Waals surface area contributed by atoms with Gasteiger partial charge in [0.1, 0.15) is 6.10 Å². The van der Waals surface area contributed by atoms with E-state index >= 15 is 0 Å². The molecule has 1 aliphatic heterocycles. The Morgan fingerprint density at radius 2 is 1.95 bits per heavy atom. The molecule has 2 saturated carbocycles. The summed E-state index contributed by atoms with van der Waals surface area (Å²) in [5, 5.41) is 10.0. The lowest BCUT2D eigenvalue weighted by Gasteiger charge is -2.32. The van der Waals surface area contributed by atoms with Crippen LogP contribution in [0.15, 0.2) is 0 Å². The van der Waals surface area contributed by atoms with Crippen LogP contribution in [0.25, 0.3) is 0 Å². The molecule has 0 spiro atoms. The first-order chi connectivity index (χ1) is 10.5. The highest BCUT2D eigenvalue weighted by molar-refractivity contribution is 5.72. The molecule has 0 amide bonds. The average molecular weight is 312 g/mol. The standard InChI is InChI=1S/C16H24O6/c1-9(17)21-13-4-2-10(6-12(13)18)8-20-16(19)11-3-5-14-15(7-11)22-14/h10-15,18H,2-8H2,1H3. The van der Waals surface area contributed by atoms with Crippen molar-refractivity contribution in [2.75, 3.05) is 6.61 Å².